The van der Waals surface area contributed by atoms with E-state index in [2.05, 4.69) is 0 Å². The van der Waals surface area contributed by atoms with Crippen molar-refractivity contribution >= 4 is 29.8 Å². The first-order valence-electron chi connectivity index (χ1n) is 7.69. The number of hydrogen-bond acceptors (Lipinski definition) is 11. The molecular formula is C14H20N3O10Pr. The van der Waals surface area contributed by atoms with Crippen LogP contribution >= 0.6 is 0 Å². The summed E-state index contributed by atoms with van der Waals surface area (Å²) in [6, 6.07) is 0. The van der Waals surface area contributed by atoms with Crippen LogP contribution in [-0.2, 0) is 24.0 Å². The van der Waals surface area contributed by atoms with Crippen LogP contribution in [0.4, 0.5) is 0 Å². The van der Waals surface area contributed by atoms with Crippen LogP contribution < -0.4 is 15.3 Å². The number of carbonyl (C=O) groups is 5. The number of carboxylic acids is 5. The number of carbonyl (C=O) groups excluding carboxylic acids is 3. The van der Waals surface area contributed by atoms with E-state index in [1.54, 1.807) is 0 Å². The zero-order chi connectivity index (χ0) is 21.0. The molecule has 0 unspecified atom stereocenters. The van der Waals surface area contributed by atoms with Crippen LogP contribution in [0, 0.1) is 41.3 Å². The molecule has 0 heterocycles. The van der Waals surface area contributed by atoms with Gasteiger partial charge in [-0.25, -0.2) is 0 Å². The van der Waals surface area contributed by atoms with E-state index in [1.165, 1.54) is 4.90 Å². The van der Waals surface area contributed by atoms with Gasteiger partial charge in [0.25, 0.3) is 0 Å². The van der Waals surface area contributed by atoms with Crippen molar-refractivity contribution in [2.45, 2.75) is 0 Å². The van der Waals surface area contributed by atoms with Crippen molar-refractivity contribution < 1.29 is 90.8 Å². The Morgan fingerprint density at radius 2 is 0.786 bits per heavy atom. The van der Waals surface area contributed by atoms with Crippen LogP contribution in [-0.4, -0.2) is 114 Å². The summed E-state index contributed by atoms with van der Waals surface area (Å²) in [6.07, 6.45) is 0. The molecule has 0 aliphatic carbocycles. The Bertz CT molecular complexity index is 487. The van der Waals surface area contributed by atoms with Crippen LogP contribution in [0.15, 0.2) is 0 Å². The molecule has 14 heteroatoms. The summed E-state index contributed by atoms with van der Waals surface area (Å²) in [4.78, 5) is 56.9. The third-order valence-corrected chi connectivity index (χ3v) is 3.24. The first kappa shape index (κ1) is 28.8. The molecule has 0 aliphatic rings. The molecule has 0 amide bonds. The first-order valence-corrected chi connectivity index (χ1v) is 7.69. The molecule has 0 radical (unpaired) electrons. The molecule has 28 heavy (non-hydrogen) atoms. The average molecular weight is 531 g/mol. The van der Waals surface area contributed by atoms with Gasteiger partial charge in [-0.1, -0.05) is 0 Å². The predicted molar refractivity (Wildman–Crippen MR) is 79.6 cm³/mol. The molecular weight excluding hydrogens is 511 g/mol. The molecule has 0 fully saturated rings. The minimum absolute atomic E-state index is 0. The largest absolute Gasteiger partial charge is 3.00 e. The van der Waals surface area contributed by atoms with Crippen molar-refractivity contribution in [1.82, 2.24) is 14.7 Å². The maximum atomic E-state index is 10.8. The summed E-state index contributed by atoms with van der Waals surface area (Å²) in [6.45, 7) is -3.60. The second kappa shape index (κ2) is 15.5. The molecule has 0 rings (SSSR count). The predicted octanol–water partition coefficient (Wildman–Crippen LogP) is -6.69. The summed E-state index contributed by atoms with van der Waals surface area (Å²) < 4.78 is 0. The molecule has 154 valence electrons. The Morgan fingerprint density at radius 3 is 1.07 bits per heavy atom. The van der Waals surface area contributed by atoms with Crippen molar-refractivity contribution in [3.05, 3.63) is 0 Å². The zero-order valence-corrected chi connectivity index (χ0v) is 18.6. The van der Waals surface area contributed by atoms with Gasteiger partial charge < -0.3 is 39.9 Å². The second-order valence-electron chi connectivity index (χ2n) is 5.60. The van der Waals surface area contributed by atoms with E-state index in [4.69, 9.17) is 10.2 Å². The monoisotopic (exact) mass is 531 g/mol. The molecule has 0 saturated carbocycles. The first-order chi connectivity index (χ1) is 12.5. The molecule has 0 aliphatic heterocycles. The maximum Gasteiger partial charge on any atom is 3.00 e. The summed E-state index contributed by atoms with van der Waals surface area (Å²) in [5, 5.41) is 49.6. The molecule has 0 aromatic carbocycles. The Morgan fingerprint density at radius 1 is 0.536 bits per heavy atom. The normalized spacial score (nSPS) is 10.7. The van der Waals surface area contributed by atoms with Crippen molar-refractivity contribution in [3.8, 4) is 0 Å². The van der Waals surface area contributed by atoms with Crippen molar-refractivity contribution in [3.63, 3.8) is 0 Å². The maximum absolute atomic E-state index is 10.8. The van der Waals surface area contributed by atoms with E-state index in [0.717, 1.165) is 9.80 Å². The molecule has 2 N–H and O–H groups in total. The Balaban J connectivity index is 0. The van der Waals surface area contributed by atoms with Crippen LogP contribution in [0.1, 0.15) is 0 Å². The van der Waals surface area contributed by atoms with Gasteiger partial charge in [-0.2, -0.15) is 0 Å². The van der Waals surface area contributed by atoms with Crippen LogP contribution in [0.2, 0.25) is 0 Å². The quantitative estimate of drug-likeness (QED) is 0.190. The average Bonchev–Trinajstić information content (AvgIpc) is 2.46. The van der Waals surface area contributed by atoms with E-state index in [0.29, 0.717) is 0 Å². The van der Waals surface area contributed by atoms with Gasteiger partial charge in [-0.05, 0) is 0 Å². The van der Waals surface area contributed by atoms with Gasteiger partial charge in [0.05, 0.1) is 31.0 Å². The number of carboxylic acid groups (broad SMARTS) is 5. The number of hydrogen-bond donors (Lipinski definition) is 2. The van der Waals surface area contributed by atoms with Crippen LogP contribution in [0.3, 0.4) is 0 Å². The molecule has 0 bridgehead atoms. The molecule has 13 nitrogen and oxygen atoms in total. The number of rotatable bonds is 16. The van der Waals surface area contributed by atoms with Gasteiger partial charge in [0.1, 0.15) is 0 Å². The summed E-state index contributed by atoms with van der Waals surface area (Å²) in [5.74, 6) is -7.06. The van der Waals surface area contributed by atoms with Crippen LogP contribution in [0.25, 0.3) is 0 Å². The fourth-order valence-electron chi connectivity index (χ4n) is 2.19. The summed E-state index contributed by atoms with van der Waals surface area (Å²) >= 11 is 0. The van der Waals surface area contributed by atoms with E-state index in [1.807, 2.05) is 0 Å². The number of aliphatic carboxylic acids is 5. The van der Waals surface area contributed by atoms with Gasteiger partial charge in [0.2, 0.25) is 0 Å². The Hall–Kier alpha value is -1.41. The standard InChI is InChI=1S/C14H23N3O10.Pr/c18-10(19)5-15(1-3-16(6-11(20)21)7-12(22)23)2-4-17(8-13(24)25)9-14(26)27;/h1-9H2,(H,18,19)(H,20,21)(H,22,23)(H,24,25)(H,26,27);/q;+3/p-3. The summed E-state index contributed by atoms with van der Waals surface area (Å²) in [7, 11) is 0. The smallest absolute Gasteiger partial charge is 0.549 e. The van der Waals surface area contributed by atoms with E-state index in [-0.39, 0.29) is 67.5 Å². The SMILES string of the molecule is O=C([O-])CN(CCN(CC(=O)[O-])CC(=O)[O-])CCN(CC(=O)O)CC(=O)O.[Pr+3]. The van der Waals surface area contributed by atoms with E-state index in [9.17, 15) is 39.3 Å². The van der Waals surface area contributed by atoms with Crippen molar-refractivity contribution in [2.24, 2.45) is 0 Å². The third-order valence-electron chi connectivity index (χ3n) is 3.24. The third kappa shape index (κ3) is 16.7. The van der Waals surface area contributed by atoms with E-state index < -0.39 is 62.6 Å². The van der Waals surface area contributed by atoms with Crippen molar-refractivity contribution in [2.75, 3.05) is 58.9 Å². The second-order valence-corrected chi connectivity index (χ2v) is 5.60. The molecule has 0 atom stereocenters. The summed E-state index contributed by atoms with van der Waals surface area (Å²) in [5.41, 5.74) is 0. The molecule has 0 spiro atoms. The van der Waals surface area contributed by atoms with Crippen molar-refractivity contribution in [1.29, 1.82) is 0 Å². The topological polar surface area (TPSA) is 205 Å². The zero-order valence-electron chi connectivity index (χ0n) is 14.9. The van der Waals surface area contributed by atoms with Gasteiger partial charge in [0, 0.05) is 45.8 Å². The van der Waals surface area contributed by atoms with Crippen LogP contribution in [0.5, 0.6) is 0 Å². The van der Waals surface area contributed by atoms with Gasteiger partial charge in [-0.3, -0.25) is 24.3 Å². The van der Waals surface area contributed by atoms with E-state index >= 15 is 0 Å². The Kier molecular flexibility index (Phi) is 16.0. The fourth-order valence-corrected chi connectivity index (χ4v) is 2.19. The van der Waals surface area contributed by atoms with Gasteiger partial charge in [-0.15, -0.1) is 0 Å². The number of nitrogens with zero attached hydrogens (tertiary/aromatic N) is 3. The molecule has 0 aromatic heterocycles. The minimum atomic E-state index is -1.53. The van der Waals surface area contributed by atoms with Gasteiger partial charge in [0.15, 0.2) is 0 Å². The Labute approximate surface area is 193 Å². The molecule has 0 saturated heterocycles. The van der Waals surface area contributed by atoms with Gasteiger partial charge >= 0.3 is 53.2 Å². The fraction of sp³-hybridized carbons (Fsp3) is 0.643. The molecule has 0 aromatic rings. The minimum Gasteiger partial charge on any atom is -0.549 e.